The number of hydrogen-bond acceptors (Lipinski definition) is 0. The van der Waals surface area contributed by atoms with Gasteiger partial charge in [-0.25, -0.2) is 0 Å². The molecule has 4 aromatic carbocycles. The summed E-state index contributed by atoms with van der Waals surface area (Å²) in [5.41, 5.74) is 18.2. The average molecular weight is 846 g/mol. The Morgan fingerprint density at radius 3 is 1.24 bits per heavy atom. The molecule has 0 saturated carbocycles. The predicted octanol–water partition coefficient (Wildman–Crippen LogP) is 14.7. The van der Waals surface area contributed by atoms with Crippen LogP contribution in [0.1, 0.15) is 121 Å². The van der Waals surface area contributed by atoms with Crippen LogP contribution in [0.3, 0.4) is 0 Å². The summed E-state index contributed by atoms with van der Waals surface area (Å²) < 4.78 is 6.86. The van der Waals surface area contributed by atoms with E-state index in [1.54, 1.807) is 11.1 Å². The van der Waals surface area contributed by atoms with E-state index in [4.69, 9.17) is 0 Å². The molecule has 2 unspecified atom stereocenters. The Bertz CT molecular complexity index is 1970. The van der Waals surface area contributed by atoms with E-state index >= 15 is 0 Å². The minimum atomic E-state index is -4.04. The summed E-state index contributed by atoms with van der Waals surface area (Å²) in [6.07, 6.45) is 10.5. The Kier molecular flexibility index (Phi) is 9.55. The predicted molar refractivity (Wildman–Crippen MR) is 222 cm³/mol. The first kappa shape index (κ1) is 37.2. The molecule has 0 heterocycles. The van der Waals surface area contributed by atoms with Crippen molar-refractivity contribution in [1.82, 2.24) is 0 Å². The summed E-state index contributed by atoms with van der Waals surface area (Å²) in [6.45, 7) is 28.7. The van der Waals surface area contributed by atoms with Crippen LogP contribution in [0.2, 0.25) is 20.4 Å². The second-order valence-electron chi connectivity index (χ2n) is 19.2. The first-order chi connectivity index (χ1) is 23.2. The van der Waals surface area contributed by atoms with Crippen molar-refractivity contribution in [2.75, 3.05) is 0 Å². The van der Waals surface area contributed by atoms with Crippen LogP contribution in [0.5, 0.6) is 0 Å². The van der Waals surface area contributed by atoms with Crippen molar-refractivity contribution in [1.29, 1.82) is 0 Å². The molecule has 0 amide bonds. The molecule has 2 atom stereocenters. The van der Waals surface area contributed by atoms with Crippen molar-refractivity contribution in [2.24, 2.45) is 0 Å². The third-order valence-corrected chi connectivity index (χ3v) is 71.5. The van der Waals surface area contributed by atoms with Gasteiger partial charge in [-0.3, -0.25) is 0 Å². The van der Waals surface area contributed by atoms with Gasteiger partial charge in [-0.2, -0.15) is 0 Å². The number of benzene rings is 4. The van der Waals surface area contributed by atoms with Gasteiger partial charge in [0.25, 0.3) is 0 Å². The molecule has 2 aliphatic rings. The molecule has 0 spiro atoms. The molecular weight excluding hydrogens is 783 g/mol. The number of rotatable bonds is 6. The van der Waals surface area contributed by atoms with Crippen LogP contribution < -0.4 is 0 Å². The molecule has 50 heavy (non-hydrogen) atoms. The average Bonchev–Trinajstić information content (AvgIpc) is 3.66. The molecule has 0 N–H and O–H groups in total. The van der Waals surface area contributed by atoms with Crippen LogP contribution in [0.15, 0.2) is 84.9 Å². The molecular formula is C48H62HfSi. The van der Waals surface area contributed by atoms with Gasteiger partial charge in [0.15, 0.2) is 0 Å². The Labute approximate surface area is 306 Å². The van der Waals surface area contributed by atoms with Crippen molar-refractivity contribution in [3.8, 4) is 22.3 Å². The molecule has 0 fully saturated rings. The van der Waals surface area contributed by atoms with Crippen LogP contribution in [-0.4, -0.2) is 5.49 Å². The van der Waals surface area contributed by atoms with Crippen molar-refractivity contribution < 1.29 is 17.1 Å². The summed E-state index contributed by atoms with van der Waals surface area (Å²) in [4.78, 5) is 0. The van der Waals surface area contributed by atoms with Crippen LogP contribution in [-0.2, 0) is 28.0 Å². The minimum absolute atomic E-state index is 0.143. The van der Waals surface area contributed by atoms with Gasteiger partial charge >= 0.3 is 308 Å². The Balaban J connectivity index is 1.55. The second kappa shape index (κ2) is 12.8. The third-order valence-electron chi connectivity index (χ3n) is 12.7. The van der Waals surface area contributed by atoms with E-state index in [1.807, 2.05) is 0 Å². The zero-order valence-corrected chi connectivity index (χ0v) is 38.1. The maximum absolute atomic E-state index is 4.04. The molecule has 0 nitrogen and oxygen atoms in total. The van der Waals surface area contributed by atoms with Crippen LogP contribution >= 0.6 is 0 Å². The fourth-order valence-corrected chi connectivity index (χ4v) is 82.4. The summed E-state index contributed by atoms with van der Waals surface area (Å²) in [7, 11) is 0. The first-order valence-electron chi connectivity index (χ1n) is 19.2. The van der Waals surface area contributed by atoms with E-state index in [0.717, 1.165) is 0 Å². The molecule has 0 radical (unpaired) electrons. The van der Waals surface area contributed by atoms with Gasteiger partial charge in [0.05, 0.1) is 0 Å². The zero-order valence-electron chi connectivity index (χ0n) is 33.5. The van der Waals surface area contributed by atoms with Crippen LogP contribution in [0, 0.1) is 13.8 Å². The van der Waals surface area contributed by atoms with Gasteiger partial charge in [-0.1, -0.05) is 0 Å². The molecule has 4 aromatic rings. The molecule has 0 aliphatic heterocycles. The molecule has 0 bridgehead atoms. The van der Waals surface area contributed by atoms with Gasteiger partial charge in [0.1, 0.15) is 0 Å². The van der Waals surface area contributed by atoms with Gasteiger partial charge in [-0.15, -0.1) is 0 Å². The van der Waals surface area contributed by atoms with Gasteiger partial charge in [0, 0.05) is 0 Å². The van der Waals surface area contributed by atoms with E-state index in [1.165, 1.54) is 55.6 Å². The molecule has 6 rings (SSSR count). The first-order valence-corrected chi connectivity index (χ1v) is 37.5. The molecule has 2 aliphatic carbocycles. The van der Waals surface area contributed by atoms with Gasteiger partial charge in [-0.05, 0) is 0 Å². The van der Waals surface area contributed by atoms with Crippen molar-refractivity contribution >= 4 is 17.6 Å². The maximum atomic E-state index is 2.91. The SMILES string of the molecule is Cc1cc(C(C)(C)C)ccc1-c1cccc2c1C=C[CH]2[Hf]([CH3])([CH3])([CH]1C=Cc2c(-c3ccc(C(C)(C)C)cc3C)cccc21)=[Si](C(C)C)C(C)C. The van der Waals surface area contributed by atoms with Gasteiger partial charge < -0.3 is 0 Å². The van der Waals surface area contributed by atoms with E-state index < -0.39 is 22.6 Å². The summed E-state index contributed by atoms with van der Waals surface area (Å²) in [5, 5.41) is 0. The standard InChI is InChI=1S/2C20H21.C6H14Si.2CH3.Hf/c2*1-14-13-16(20(2,3)4)11-12-17(14)19-10-6-8-15-7-5-9-18(15)19;1-5(2)7-6(3)4;;;/h2*5-13H,1-4H3;5-6H,1-4H3;2*1H3;. The fourth-order valence-electron chi connectivity index (χ4n) is 10.6. The van der Waals surface area contributed by atoms with Crippen molar-refractivity contribution in [3.05, 3.63) is 129 Å². The topological polar surface area (TPSA) is 0 Å². The van der Waals surface area contributed by atoms with Crippen molar-refractivity contribution in [2.45, 2.75) is 122 Å². The number of fused-ring (bicyclic) bond motifs is 2. The Morgan fingerprint density at radius 2 is 0.920 bits per heavy atom. The third kappa shape index (κ3) is 6.09. The quantitative estimate of drug-likeness (QED) is 0.170. The van der Waals surface area contributed by atoms with Gasteiger partial charge in [0.2, 0.25) is 0 Å². The zero-order chi connectivity index (χ0) is 36.6. The molecule has 262 valence electrons. The number of hydrogen-bond donors (Lipinski definition) is 0. The van der Waals surface area contributed by atoms with E-state index in [2.05, 4.69) is 190 Å². The molecule has 0 saturated heterocycles. The van der Waals surface area contributed by atoms with E-state index in [0.29, 0.717) is 18.4 Å². The fraction of sp³-hybridized carbons (Fsp3) is 0.417. The number of aryl methyl sites for hydroxylation is 2. The number of allylic oxidation sites excluding steroid dienone is 2. The van der Waals surface area contributed by atoms with E-state index in [9.17, 15) is 0 Å². The van der Waals surface area contributed by atoms with Crippen LogP contribution in [0.25, 0.3) is 34.4 Å². The monoisotopic (exact) mass is 846 g/mol. The van der Waals surface area contributed by atoms with Crippen molar-refractivity contribution in [3.63, 3.8) is 0 Å². The Hall–Kier alpha value is -2.55. The second-order valence-corrected chi connectivity index (χ2v) is 64.8. The summed E-state index contributed by atoms with van der Waals surface area (Å²) >= 11 is -4.04. The normalized spacial score (nSPS) is 17.5. The molecule has 2 heteroatoms. The summed E-state index contributed by atoms with van der Waals surface area (Å²) in [5.74, 6) is 0. The molecule has 0 aromatic heterocycles. The van der Waals surface area contributed by atoms with Crippen LogP contribution in [0.4, 0.5) is 0 Å². The Morgan fingerprint density at radius 1 is 0.540 bits per heavy atom. The van der Waals surface area contributed by atoms with E-state index in [-0.39, 0.29) is 10.8 Å². The summed E-state index contributed by atoms with van der Waals surface area (Å²) in [6, 6.07) is 28.8.